The minimum Gasteiger partial charge on any atom is -0.384 e. The number of H-pyrrole nitrogens is 1. The van der Waals surface area contributed by atoms with Gasteiger partial charge in [0, 0.05) is 18.3 Å². The highest BCUT2D eigenvalue weighted by molar-refractivity contribution is 5.97. The van der Waals surface area contributed by atoms with Crippen LogP contribution in [0.25, 0.3) is 11.0 Å². The number of nitrogens with one attached hydrogen (secondary N) is 2. The van der Waals surface area contributed by atoms with Gasteiger partial charge in [0.25, 0.3) is 11.8 Å². The van der Waals surface area contributed by atoms with E-state index in [1.54, 1.807) is 36.4 Å². The summed E-state index contributed by atoms with van der Waals surface area (Å²) in [6.07, 6.45) is 1.52. The number of carbonyl (C=O) groups excluding carboxylic acids is 2. The molecular weight excluding hydrogens is 376 g/mol. The summed E-state index contributed by atoms with van der Waals surface area (Å²) in [5.41, 5.74) is 0.510. The average Bonchev–Trinajstić information content (AvgIpc) is 3.13. The number of fused-ring (bicyclic) bond motifs is 1. The molecule has 1 atom stereocenters. The molecule has 3 aromatic rings. The Morgan fingerprint density at radius 1 is 1.24 bits per heavy atom. The second kappa shape index (κ2) is 7.94. The van der Waals surface area contributed by atoms with E-state index in [1.807, 2.05) is 0 Å². The van der Waals surface area contributed by atoms with Gasteiger partial charge < -0.3 is 20.1 Å². The zero-order valence-electron chi connectivity index (χ0n) is 15.5. The molecule has 150 valence electrons. The topological polar surface area (TPSA) is 133 Å². The zero-order chi connectivity index (χ0) is 20.3. The molecule has 1 saturated heterocycles. The Kier molecular flexibility index (Phi) is 5.19. The monoisotopic (exact) mass is 396 g/mol. The summed E-state index contributed by atoms with van der Waals surface area (Å²) in [5, 5.41) is 24.1. The minimum atomic E-state index is -1.42. The quantitative estimate of drug-likeness (QED) is 0.565. The first-order valence-electron chi connectivity index (χ1n) is 9.13. The highest BCUT2D eigenvalue weighted by Gasteiger charge is 2.35. The maximum absolute atomic E-state index is 13.0. The Morgan fingerprint density at radius 2 is 2.10 bits per heavy atom. The molecule has 2 amide bonds. The number of ether oxygens (including phenoxy) is 1. The van der Waals surface area contributed by atoms with Crippen molar-refractivity contribution in [1.82, 2.24) is 30.6 Å². The number of hydrogen-bond acceptors (Lipinski definition) is 7. The predicted octanol–water partition coefficient (Wildman–Crippen LogP) is -0.0136. The molecule has 1 aromatic carbocycles. The Morgan fingerprint density at radius 3 is 2.93 bits per heavy atom. The van der Waals surface area contributed by atoms with Crippen molar-refractivity contribution < 1.29 is 19.4 Å². The fraction of sp³-hybridized carbons (Fsp3) is 0.316. The fourth-order valence-electron chi connectivity index (χ4n) is 3.19. The molecule has 0 unspecified atom stereocenters. The third-order valence-electron chi connectivity index (χ3n) is 4.69. The standard InChI is InChI=1S/C19H20N6O4/c26-17(15-3-1-2-6-20-15)21-10-19(28)11-25(7-8-29-12-19)18(27)13-4-5-14-16(9-13)23-24-22-14/h1-6,9,28H,7-8,10-12H2,(H,21,26)(H,22,23,24)/t19-/m0/s1. The number of aromatic nitrogens is 4. The second-order valence-corrected chi connectivity index (χ2v) is 6.93. The summed E-state index contributed by atoms with van der Waals surface area (Å²) in [5.74, 6) is -0.660. The molecule has 10 nitrogen and oxygen atoms in total. The Labute approximate surface area is 165 Å². The van der Waals surface area contributed by atoms with Gasteiger partial charge in [-0.25, -0.2) is 0 Å². The van der Waals surface area contributed by atoms with Crippen molar-refractivity contribution in [3.05, 3.63) is 53.9 Å². The van der Waals surface area contributed by atoms with Crippen LogP contribution in [0.3, 0.4) is 0 Å². The fourth-order valence-corrected chi connectivity index (χ4v) is 3.19. The van der Waals surface area contributed by atoms with E-state index in [9.17, 15) is 14.7 Å². The van der Waals surface area contributed by atoms with Crippen molar-refractivity contribution >= 4 is 22.8 Å². The maximum atomic E-state index is 13.0. The average molecular weight is 396 g/mol. The number of pyridine rings is 1. The van der Waals surface area contributed by atoms with E-state index >= 15 is 0 Å². The van der Waals surface area contributed by atoms with Crippen LogP contribution in [0.1, 0.15) is 20.8 Å². The van der Waals surface area contributed by atoms with Gasteiger partial charge >= 0.3 is 0 Å². The van der Waals surface area contributed by atoms with E-state index < -0.39 is 11.5 Å². The molecule has 0 radical (unpaired) electrons. The summed E-state index contributed by atoms with van der Waals surface area (Å²) in [6.45, 7) is 0.557. The van der Waals surface area contributed by atoms with Gasteiger partial charge in [-0.05, 0) is 30.3 Å². The lowest BCUT2D eigenvalue weighted by molar-refractivity contribution is -0.0324. The van der Waals surface area contributed by atoms with E-state index in [0.29, 0.717) is 23.1 Å². The number of amides is 2. The van der Waals surface area contributed by atoms with Crippen molar-refractivity contribution in [3.63, 3.8) is 0 Å². The first-order chi connectivity index (χ1) is 14.0. The van der Waals surface area contributed by atoms with Gasteiger partial charge in [0.1, 0.15) is 22.3 Å². The number of aromatic amines is 1. The molecule has 1 fully saturated rings. The van der Waals surface area contributed by atoms with Crippen molar-refractivity contribution in [1.29, 1.82) is 0 Å². The molecule has 0 bridgehead atoms. The summed E-state index contributed by atoms with van der Waals surface area (Å²) in [6, 6.07) is 10.0. The largest absolute Gasteiger partial charge is 0.384 e. The third-order valence-corrected chi connectivity index (χ3v) is 4.69. The molecule has 29 heavy (non-hydrogen) atoms. The molecule has 3 N–H and O–H groups in total. The van der Waals surface area contributed by atoms with Gasteiger partial charge in [0.15, 0.2) is 0 Å². The number of carbonyl (C=O) groups is 2. The smallest absolute Gasteiger partial charge is 0.269 e. The van der Waals surface area contributed by atoms with Gasteiger partial charge in [-0.3, -0.25) is 14.6 Å². The summed E-state index contributed by atoms with van der Waals surface area (Å²) >= 11 is 0. The summed E-state index contributed by atoms with van der Waals surface area (Å²) in [7, 11) is 0. The first kappa shape index (κ1) is 19.0. The van der Waals surface area contributed by atoms with Gasteiger partial charge in [-0.15, -0.1) is 0 Å². The zero-order valence-corrected chi connectivity index (χ0v) is 15.5. The number of aliphatic hydroxyl groups is 1. The van der Waals surface area contributed by atoms with E-state index in [-0.39, 0.29) is 37.9 Å². The van der Waals surface area contributed by atoms with Crippen molar-refractivity contribution in [2.45, 2.75) is 5.60 Å². The number of benzene rings is 1. The highest BCUT2D eigenvalue weighted by atomic mass is 16.5. The van der Waals surface area contributed by atoms with Crippen LogP contribution >= 0.6 is 0 Å². The summed E-state index contributed by atoms with van der Waals surface area (Å²) < 4.78 is 5.48. The molecule has 0 spiro atoms. The highest BCUT2D eigenvalue weighted by Crippen LogP contribution is 2.17. The van der Waals surface area contributed by atoms with Crippen molar-refractivity contribution in [2.24, 2.45) is 0 Å². The van der Waals surface area contributed by atoms with E-state index in [1.165, 1.54) is 11.1 Å². The molecular formula is C19H20N6O4. The van der Waals surface area contributed by atoms with Crippen LogP contribution in [0.2, 0.25) is 0 Å². The number of rotatable bonds is 4. The van der Waals surface area contributed by atoms with Crippen LogP contribution in [0.15, 0.2) is 42.6 Å². The number of β-amino-alcohol motifs (C(OH)–C–C–N with tert-alkyl or cyclic N) is 1. The molecule has 1 aliphatic rings. The Bertz CT molecular complexity index is 1020. The van der Waals surface area contributed by atoms with Crippen LogP contribution in [-0.2, 0) is 4.74 Å². The Hall–Kier alpha value is -3.37. The normalized spacial score (nSPS) is 19.7. The Balaban J connectivity index is 1.46. The lowest BCUT2D eigenvalue weighted by atomic mass is 10.0. The minimum absolute atomic E-state index is 0.00159. The van der Waals surface area contributed by atoms with Crippen LogP contribution in [-0.4, -0.2) is 80.7 Å². The molecule has 0 saturated carbocycles. The molecule has 4 rings (SSSR count). The van der Waals surface area contributed by atoms with Crippen molar-refractivity contribution in [3.8, 4) is 0 Å². The molecule has 2 aromatic heterocycles. The molecule has 10 heteroatoms. The van der Waals surface area contributed by atoms with Crippen molar-refractivity contribution in [2.75, 3.05) is 32.8 Å². The number of nitrogens with zero attached hydrogens (tertiary/aromatic N) is 4. The van der Waals surface area contributed by atoms with Crippen LogP contribution in [0.5, 0.6) is 0 Å². The van der Waals surface area contributed by atoms with Gasteiger partial charge in [0.2, 0.25) is 0 Å². The summed E-state index contributed by atoms with van der Waals surface area (Å²) in [4.78, 5) is 30.7. The molecule has 0 aliphatic carbocycles. The van der Waals surface area contributed by atoms with E-state index in [0.717, 1.165) is 0 Å². The number of hydrogen-bond donors (Lipinski definition) is 3. The van der Waals surface area contributed by atoms with Crippen LogP contribution in [0.4, 0.5) is 0 Å². The lowest BCUT2D eigenvalue weighted by Crippen LogP contribution is -2.53. The molecule has 1 aliphatic heterocycles. The first-order valence-corrected chi connectivity index (χ1v) is 9.13. The van der Waals surface area contributed by atoms with Crippen LogP contribution < -0.4 is 5.32 Å². The molecule has 3 heterocycles. The third kappa shape index (κ3) is 4.23. The van der Waals surface area contributed by atoms with Gasteiger partial charge in [0.05, 0.1) is 26.3 Å². The van der Waals surface area contributed by atoms with E-state index in [2.05, 4.69) is 25.7 Å². The van der Waals surface area contributed by atoms with Gasteiger partial charge in [-0.2, -0.15) is 15.4 Å². The SMILES string of the molecule is O=C(NC[C@@]1(O)COCCN(C(=O)c2ccc3n[nH]nc3c2)C1)c1ccccn1. The van der Waals surface area contributed by atoms with Gasteiger partial charge in [-0.1, -0.05) is 6.07 Å². The van der Waals surface area contributed by atoms with Crippen LogP contribution in [0, 0.1) is 0 Å². The maximum Gasteiger partial charge on any atom is 0.269 e. The van der Waals surface area contributed by atoms with E-state index in [4.69, 9.17) is 4.74 Å². The second-order valence-electron chi connectivity index (χ2n) is 6.93. The predicted molar refractivity (Wildman–Crippen MR) is 102 cm³/mol. The lowest BCUT2D eigenvalue weighted by Gasteiger charge is -2.31.